The van der Waals surface area contributed by atoms with Gasteiger partial charge in [-0.2, -0.15) is 0 Å². The Kier molecular flexibility index (Phi) is 7.23. The molecule has 0 saturated carbocycles. The second kappa shape index (κ2) is 10.3. The van der Waals surface area contributed by atoms with E-state index in [0.717, 1.165) is 10.9 Å². The van der Waals surface area contributed by atoms with Gasteiger partial charge >= 0.3 is 0 Å². The van der Waals surface area contributed by atoms with Crippen LogP contribution in [0.25, 0.3) is 10.9 Å². The first kappa shape index (κ1) is 22.5. The molecule has 9 nitrogen and oxygen atoms in total. The average Bonchev–Trinajstić information content (AvgIpc) is 3.12. The van der Waals surface area contributed by atoms with Crippen LogP contribution in [0, 0.1) is 0 Å². The van der Waals surface area contributed by atoms with Crippen LogP contribution < -0.4 is 15.4 Å². The number of pyridine rings is 1. The van der Waals surface area contributed by atoms with E-state index < -0.39 is 0 Å². The minimum absolute atomic E-state index is 0.0566. The molecule has 0 spiro atoms. The summed E-state index contributed by atoms with van der Waals surface area (Å²) in [6.45, 7) is 6.00. The molecule has 0 radical (unpaired) electrons. The molecule has 2 aromatic rings. The molecule has 2 saturated heterocycles. The molecule has 2 amide bonds. The number of hydrogen-bond donors (Lipinski definition) is 2. The zero-order valence-corrected chi connectivity index (χ0v) is 18.9. The molecule has 32 heavy (non-hydrogen) atoms. The van der Waals surface area contributed by atoms with Crippen molar-refractivity contribution in [2.75, 3.05) is 38.3 Å². The molecule has 1 aromatic heterocycles. The highest BCUT2D eigenvalue weighted by Crippen LogP contribution is 2.30. The predicted octanol–water partition coefficient (Wildman–Crippen LogP) is 2.14. The van der Waals surface area contributed by atoms with Gasteiger partial charge in [0.15, 0.2) is 5.17 Å². The summed E-state index contributed by atoms with van der Waals surface area (Å²) >= 11 is 1.43. The van der Waals surface area contributed by atoms with Gasteiger partial charge in [-0.25, -0.2) is 4.98 Å². The lowest BCUT2D eigenvalue weighted by Gasteiger charge is -2.21. The van der Waals surface area contributed by atoms with Gasteiger partial charge in [-0.05, 0) is 31.0 Å². The Morgan fingerprint density at radius 3 is 3.00 bits per heavy atom. The summed E-state index contributed by atoms with van der Waals surface area (Å²) in [7, 11) is 0. The SMILES string of the molecule is CCOc1cc(NC(C)=O)nc2ccc(CC3SC(=NCC4COCCO4)NC3=O)cc12. The number of carbonyl (C=O) groups is 2. The van der Waals surface area contributed by atoms with E-state index >= 15 is 0 Å². The van der Waals surface area contributed by atoms with Crippen molar-refractivity contribution in [2.45, 2.75) is 31.6 Å². The lowest BCUT2D eigenvalue weighted by molar-refractivity contribution is -0.118. The summed E-state index contributed by atoms with van der Waals surface area (Å²) in [5.74, 6) is 0.836. The molecule has 3 heterocycles. The largest absolute Gasteiger partial charge is 0.493 e. The second-order valence-corrected chi connectivity index (χ2v) is 8.68. The number of nitrogens with zero attached hydrogens (tertiary/aromatic N) is 2. The van der Waals surface area contributed by atoms with Crippen molar-refractivity contribution in [1.82, 2.24) is 10.3 Å². The van der Waals surface area contributed by atoms with Crippen molar-refractivity contribution in [3.63, 3.8) is 0 Å². The smallest absolute Gasteiger partial charge is 0.239 e. The van der Waals surface area contributed by atoms with Crippen LogP contribution in [0.15, 0.2) is 29.3 Å². The summed E-state index contributed by atoms with van der Waals surface area (Å²) in [6.07, 6.45) is 0.480. The topological polar surface area (TPSA) is 111 Å². The fourth-order valence-corrected chi connectivity index (χ4v) is 4.56. The van der Waals surface area contributed by atoms with Crippen LogP contribution in [0.4, 0.5) is 5.82 Å². The fraction of sp³-hybridized carbons (Fsp3) is 0.455. The van der Waals surface area contributed by atoms with Crippen LogP contribution in [-0.2, 0) is 25.5 Å². The molecular weight excluding hydrogens is 432 g/mol. The van der Waals surface area contributed by atoms with E-state index in [1.165, 1.54) is 18.7 Å². The maximum absolute atomic E-state index is 12.5. The molecule has 2 fully saturated rings. The van der Waals surface area contributed by atoms with E-state index in [1.54, 1.807) is 6.07 Å². The maximum Gasteiger partial charge on any atom is 0.239 e. The molecule has 0 bridgehead atoms. The second-order valence-electron chi connectivity index (χ2n) is 7.48. The number of ether oxygens (including phenoxy) is 3. The molecule has 1 aromatic carbocycles. The normalized spacial score (nSPS) is 22.2. The monoisotopic (exact) mass is 458 g/mol. The number of amides is 2. The standard InChI is InChI=1S/C22H26N4O5S/c1-3-30-18-10-20(24-13(2)27)25-17-5-4-14(8-16(17)18)9-19-21(28)26-22(32-19)23-11-15-12-29-6-7-31-15/h4-5,8,10,15,19H,3,6-7,9,11-12H2,1-2H3,(H,23,26,28)(H,24,25,27). The number of aromatic nitrogens is 1. The number of carbonyl (C=O) groups excluding carboxylic acids is 2. The molecule has 170 valence electrons. The van der Waals surface area contributed by atoms with Crippen molar-refractivity contribution < 1.29 is 23.8 Å². The number of amidine groups is 1. The number of fused-ring (bicyclic) bond motifs is 1. The number of anilines is 1. The van der Waals surface area contributed by atoms with Crippen LogP contribution in [-0.4, -0.2) is 66.3 Å². The summed E-state index contributed by atoms with van der Waals surface area (Å²) in [5.41, 5.74) is 1.70. The van der Waals surface area contributed by atoms with Gasteiger partial charge in [-0.1, -0.05) is 17.8 Å². The van der Waals surface area contributed by atoms with Crippen LogP contribution >= 0.6 is 11.8 Å². The third kappa shape index (κ3) is 5.56. The Morgan fingerprint density at radius 2 is 2.25 bits per heavy atom. The third-order valence-corrected chi connectivity index (χ3v) is 6.08. The van der Waals surface area contributed by atoms with E-state index in [-0.39, 0.29) is 23.2 Å². The van der Waals surface area contributed by atoms with E-state index in [2.05, 4.69) is 20.6 Å². The number of thioether (sulfide) groups is 1. The van der Waals surface area contributed by atoms with Gasteiger partial charge in [0.2, 0.25) is 11.8 Å². The van der Waals surface area contributed by atoms with E-state index in [4.69, 9.17) is 14.2 Å². The summed E-state index contributed by atoms with van der Waals surface area (Å²) in [5, 5.41) is 6.75. The van der Waals surface area contributed by atoms with Crippen LogP contribution in [0.2, 0.25) is 0 Å². The maximum atomic E-state index is 12.5. The average molecular weight is 459 g/mol. The van der Waals surface area contributed by atoms with Gasteiger partial charge in [0.05, 0.1) is 43.7 Å². The van der Waals surface area contributed by atoms with Crippen molar-refractivity contribution in [3.05, 3.63) is 29.8 Å². The molecule has 0 aliphatic carbocycles. The Morgan fingerprint density at radius 1 is 1.38 bits per heavy atom. The highest BCUT2D eigenvalue weighted by atomic mass is 32.2. The lowest BCUT2D eigenvalue weighted by atomic mass is 10.1. The van der Waals surface area contributed by atoms with Gasteiger partial charge < -0.3 is 24.8 Å². The first-order valence-electron chi connectivity index (χ1n) is 10.6. The zero-order chi connectivity index (χ0) is 22.5. The lowest BCUT2D eigenvalue weighted by Crippen LogP contribution is -2.32. The Balaban J connectivity index is 1.48. The minimum atomic E-state index is -0.267. The molecule has 10 heteroatoms. The van der Waals surface area contributed by atoms with Crippen molar-refractivity contribution >= 4 is 45.5 Å². The molecule has 2 atom stereocenters. The van der Waals surface area contributed by atoms with Crippen LogP contribution in [0.1, 0.15) is 19.4 Å². The van der Waals surface area contributed by atoms with Crippen LogP contribution in [0.3, 0.4) is 0 Å². The summed E-state index contributed by atoms with van der Waals surface area (Å²) in [6, 6.07) is 7.53. The van der Waals surface area contributed by atoms with Gasteiger partial charge in [0.25, 0.3) is 0 Å². The highest BCUT2D eigenvalue weighted by molar-refractivity contribution is 8.15. The highest BCUT2D eigenvalue weighted by Gasteiger charge is 2.30. The summed E-state index contributed by atoms with van der Waals surface area (Å²) < 4.78 is 16.8. The quantitative estimate of drug-likeness (QED) is 0.654. The third-order valence-electron chi connectivity index (χ3n) is 4.96. The summed E-state index contributed by atoms with van der Waals surface area (Å²) in [4.78, 5) is 32.9. The van der Waals surface area contributed by atoms with Gasteiger partial charge in [-0.3, -0.25) is 14.6 Å². The van der Waals surface area contributed by atoms with Crippen molar-refractivity contribution in [2.24, 2.45) is 4.99 Å². The fourth-order valence-electron chi connectivity index (χ4n) is 3.54. The number of nitrogens with one attached hydrogen (secondary N) is 2. The molecule has 2 unspecified atom stereocenters. The number of hydrogen-bond acceptors (Lipinski definition) is 8. The zero-order valence-electron chi connectivity index (χ0n) is 18.1. The first-order valence-corrected chi connectivity index (χ1v) is 11.4. The van der Waals surface area contributed by atoms with Gasteiger partial charge in [-0.15, -0.1) is 0 Å². The van der Waals surface area contributed by atoms with E-state index in [1.807, 2.05) is 25.1 Å². The minimum Gasteiger partial charge on any atom is -0.493 e. The van der Waals surface area contributed by atoms with E-state index in [9.17, 15) is 9.59 Å². The van der Waals surface area contributed by atoms with Crippen molar-refractivity contribution in [3.8, 4) is 5.75 Å². The Labute approximate surface area is 190 Å². The van der Waals surface area contributed by atoms with Gasteiger partial charge in [0.1, 0.15) is 17.7 Å². The number of benzene rings is 1. The first-order chi connectivity index (χ1) is 15.5. The Bertz CT molecular complexity index is 1040. The Hall–Kier alpha value is -2.69. The molecule has 2 N–H and O–H groups in total. The van der Waals surface area contributed by atoms with Crippen LogP contribution in [0.5, 0.6) is 5.75 Å². The molecule has 2 aliphatic rings. The predicted molar refractivity (Wildman–Crippen MR) is 123 cm³/mol. The number of rotatable bonds is 7. The molecule has 2 aliphatic heterocycles. The van der Waals surface area contributed by atoms with E-state index in [0.29, 0.717) is 61.6 Å². The molecular formula is C22H26N4O5S. The number of aliphatic imine (C=N–C) groups is 1. The van der Waals surface area contributed by atoms with Crippen molar-refractivity contribution in [1.29, 1.82) is 0 Å². The van der Waals surface area contributed by atoms with Gasteiger partial charge in [0, 0.05) is 18.4 Å². The molecule has 4 rings (SSSR count).